The van der Waals surface area contributed by atoms with Crippen LogP contribution >= 0.6 is 23.2 Å². The van der Waals surface area contributed by atoms with E-state index in [4.69, 9.17) is 28.9 Å². The van der Waals surface area contributed by atoms with Gasteiger partial charge in [0.1, 0.15) is 0 Å². The number of nitrogens with zero attached hydrogens (tertiary/aromatic N) is 4. The summed E-state index contributed by atoms with van der Waals surface area (Å²) in [7, 11) is 0. The molecule has 0 spiro atoms. The van der Waals surface area contributed by atoms with Crippen LogP contribution in [0.4, 0.5) is 5.69 Å². The Kier molecular flexibility index (Phi) is 3.70. The van der Waals surface area contributed by atoms with Crippen molar-refractivity contribution in [3.05, 3.63) is 44.2 Å². The number of hydrogen-bond donors (Lipinski definition) is 1. The molecule has 0 saturated carbocycles. The fraction of sp³-hybridized carbons (Fsp3) is 0.200. The normalized spacial score (nSPS) is 12.4. The fourth-order valence-corrected chi connectivity index (χ4v) is 2.08. The molecule has 7 nitrogen and oxygen atoms in total. The fourth-order valence-electron chi connectivity index (χ4n) is 1.51. The Bertz CT molecular complexity index is 641. The summed E-state index contributed by atoms with van der Waals surface area (Å²) in [6.45, 7) is 1.73. The van der Waals surface area contributed by atoms with E-state index in [0.29, 0.717) is 5.69 Å². The van der Waals surface area contributed by atoms with Crippen LogP contribution in [0.15, 0.2) is 18.3 Å². The van der Waals surface area contributed by atoms with E-state index in [1.54, 1.807) is 6.92 Å². The second-order valence-corrected chi connectivity index (χ2v) is 4.73. The first-order valence-electron chi connectivity index (χ1n) is 5.21. The van der Waals surface area contributed by atoms with Gasteiger partial charge >= 0.3 is 0 Å². The van der Waals surface area contributed by atoms with Gasteiger partial charge in [0.2, 0.25) is 0 Å². The molecule has 19 heavy (non-hydrogen) atoms. The zero-order valence-electron chi connectivity index (χ0n) is 9.75. The van der Waals surface area contributed by atoms with Crippen molar-refractivity contribution in [2.24, 2.45) is 5.73 Å². The van der Waals surface area contributed by atoms with Gasteiger partial charge in [-0.25, -0.2) is 4.68 Å². The van der Waals surface area contributed by atoms with Crippen molar-refractivity contribution in [3.63, 3.8) is 0 Å². The van der Waals surface area contributed by atoms with Gasteiger partial charge in [0.05, 0.1) is 21.8 Å². The van der Waals surface area contributed by atoms with Crippen LogP contribution in [0.5, 0.6) is 0 Å². The van der Waals surface area contributed by atoms with Crippen molar-refractivity contribution in [1.29, 1.82) is 0 Å². The molecule has 0 saturated heterocycles. The van der Waals surface area contributed by atoms with Crippen molar-refractivity contribution < 1.29 is 4.92 Å². The van der Waals surface area contributed by atoms with E-state index in [1.165, 1.54) is 23.0 Å². The smallest absolute Gasteiger partial charge is 0.297 e. The van der Waals surface area contributed by atoms with E-state index < -0.39 is 4.92 Å². The molecule has 1 unspecified atom stereocenters. The number of halogens is 2. The lowest BCUT2D eigenvalue weighted by molar-refractivity contribution is -0.384. The maximum Gasteiger partial charge on any atom is 0.297 e. The molecule has 100 valence electrons. The van der Waals surface area contributed by atoms with Crippen molar-refractivity contribution in [1.82, 2.24) is 15.0 Å². The second-order valence-electron chi connectivity index (χ2n) is 3.89. The van der Waals surface area contributed by atoms with Crippen LogP contribution in [0.1, 0.15) is 18.7 Å². The lowest BCUT2D eigenvalue weighted by atomic mass is 10.2. The zero-order chi connectivity index (χ0) is 14.2. The lowest BCUT2D eigenvalue weighted by Crippen LogP contribution is -2.05. The minimum absolute atomic E-state index is 0.107. The Morgan fingerprint density at radius 3 is 2.68 bits per heavy atom. The Morgan fingerprint density at radius 2 is 2.16 bits per heavy atom. The molecule has 2 aromatic rings. The summed E-state index contributed by atoms with van der Waals surface area (Å²) in [4.78, 5) is 10.5. The third kappa shape index (κ3) is 2.67. The van der Waals surface area contributed by atoms with E-state index in [2.05, 4.69) is 10.3 Å². The summed E-state index contributed by atoms with van der Waals surface area (Å²) in [6, 6.07) is 2.27. The van der Waals surface area contributed by atoms with E-state index in [9.17, 15) is 10.1 Å². The summed E-state index contributed by atoms with van der Waals surface area (Å²) in [5, 5.41) is 19.0. The third-order valence-electron chi connectivity index (χ3n) is 2.41. The van der Waals surface area contributed by atoms with Gasteiger partial charge in [-0.05, 0) is 13.0 Å². The first kappa shape index (κ1) is 13.7. The minimum atomic E-state index is -0.583. The molecule has 1 aromatic heterocycles. The molecule has 9 heteroatoms. The average molecular weight is 302 g/mol. The predicted octanol–water partition coefficient (Wildman–Crippen LogP) is 2.50. The number of aromatic nitrogens is 3. The second kappa shape index (κ2) is 5.12. The molecular weight excluding hydrogens is 293 g/mol. The highest BCUT2D eigenvalue weighted by Crippen LogP contribution is 2.33. The number of nitro benzene ring substituents is 1. The van der Waals surface area contributed by atoms with Gasteiger partial charge < -0.3 is 5.73 Å². The maximum absolute atomic E-state index is 11.0. The van der Waals surface area contributed by atoms with E-state index >= 15 is 0 Å². The highest BCUT2D eigenvalue weighted by molar-refractivity contribution is 6.36. The van der Waals surface area contributed by atoms with Gasteiger partial charge in [-0.3, -0.25) is 10.1 Å². The Hall–Kier alpha value is -1.70. The number of nitrogens with two attached hydrogens (primary N) is 1. The molecule has 1 heterocycles. The summed E-state index contributed by atoms with van der Waals surface area (Å²) < 4.78 is 1.22. The van der Waals surface area contributed by atoms with E-state index in [0.717, 1.165) is 0 Å². The first-order chi connectivity index (χ1) is 8.90. The number of rotatable bonds is 3. The Balaban J connectivity index is 2.63. The topological polar surface area (TPSA) is 99.9 Å². The van der Waals surface area contributed by atoms with Crippen molar-refractivity contribution in [2.75, 3.05) is 0 Å². The molecule has 0 bridgehead atoms. The van der Waals surface area contributed by atoms with E-state index in [1.807, 2.05) is 0 Å². The summed E-state index contributed by atoms with van der Waals surface area (Å²) in [6.07, 6.45) is 1.49. The van der Waals surface area contributed by atoms with Gasteiger partial charge in [-0.1, -0.05) is 28.4 Å². The predicted molar refractivity (Wildman–Crippen MR) is 70.6 cm³/mol. The van der Waals surface area contributed by atoms with Crippen LogP contribution in [0.25, 0.3) is 5.69 Å². The van der Waals surface area contributed by atoms with Gasteiger partial charge in [0, 0.05) is 17.1 Å². The standard InChI is InChI=1S/C10H9Cl2N5O2/c1-5(13)8-4-16(15-14-8)10-7(12)2-6(11)3-9(10)17(18)19/h2-5H,13H2,1H3. The number of hydrogen-bond acceptors (Lipinski definition) is 5. The van der Waals surface area contributed by atoms with Crippen LogP contribution in [0.2, 0.25) is 10.0 Å². The van der Waals surface area contributed by atoms with E-state index in [-0.39, 0.29) is 27.5 Å². The van der Waals surface area contributed by atoms with Crippen molar-refractivity contribution in [2.45, 2.75) is 13.0 Å². The summed E-state index contributed by atoms with van der Waals surface area (Å²) >= 11 is 11.7. The number of benzene rings is 1. The monoisotopic (exact) mass is 301 g/mol. The molecule has 0 aliphatic heterocycles. The number of nitro groups is 1. The largest absolute Gasteiger partial charge is 0.323 e. The van der Waals surface area contributed by atoms with Crippen molar-refractivity contribution >= 4 is 28.9 Å². The molecule has 0 aliphatic carbocycles. The molecular formula is C10H9Cl2N5O2. The summed E-state index contributed by atoms with van der Waals surface area (Å²) in [5.74, 6) is 0. The third-order valence-corrected chi connectivity index (χ3v) is 2.92. The Labute approximate surface area is 118 Å². The quantitative estimate of drug-likeness (QED) is 0.693. The maximum atomic E-state index is 11.0. The highest BCUT2D eigenvalue weighted by atomic mass is 35.5. The highest BCUT2D eigenvalue weighted by Gasteiger charge is 2.22. The minimum Gasteiger partial charge on any atom is -0.323 e. The van der Waals surface area contributed by atoms with Crippen molar-refractivity contribution in [3.8, 4) is 5.69 Å². The summed E-state index contributed by atoms with van der Waals surface area (Å²) in [5.41, 5.74) is 6.02. The van der Waals surface area contributed by atoms with Crippen LogP contribution in [0, 0.1) is 10.1 Å². The van der Waals surface area contributed by atoms with Crippen LogP contribution in [-0.2, 0) is 0 Å². The lowest BCUT2D eigenvalue weighted by Gasteiger charge is -2.05. The molecule has 1 atom stereocenters. The van der Waals surface area contributed by atoms with Gasteiger partial charge in [-0.15, -0.1) is 5.10 Å². The molecule has 0 amide bonds. The molecule has 0 radical (unpaired) electrons. The molecule has 0 fully saturated rings. The van der Waals surface area contributed by atoms with Gasteiger partial charge in [0.25, 0.3) is 5.69 Å². The first-order valence-corrected chi connectivity index (χ1v) is 5.97. The molecule has 1 aromatic carbocycles. The molecule has 2 N–H and O–H groups in total. The van der Waals surface area contributed by atoms with Gasteiger partial charge in [0.15, 0.2) is 5.69 Å². The molecule has 0 aliphatic rings. The van der Waals surface area contributed by atoms with Crippen LogP contribution in [0.3, 0.4) is 0 Å². The average Bonchev–Trinajstić information content (AvgIpc) is 2.76. The van der Waals surface area contributed by atoms with Crippen LogP contribution in [-0.4, -0.2) is 19.9 Å². The molecule has 2 rings (SSSR count). The van der Waals surface area contributed by atoms with Gasteiger partial charge in [-0.2, -0.15) is 0 Å². The Morgan fingerprint density at radius 1 is 1.47 bits per heavy atom. The van der Waals surface area contributed by atoms with Crippen LogP contribution < -0.4 is 5.73 Å². The SMILES string of the molecule is CC(N)c1cn(-c2c(Cl)cc(Cl)cc2[N+](=O)[O-])nn1. The zero-order valence-corrected chi connectivity index (χ0v) is 11.3.